The Morgan fingerprint density at radius 1 is 1.00 bits per heavy atom. The molecule has 0 aliphatic heterocycles. The predicted molar refractivity (Wildman–Crippen MR) is 114 cm³/mol. The van der Waals surface area contributed by atoms with Crippen molar-refractivity contribution in [2.24, 2.45) is 0 Å². The highest BCUT2D eigenvalue weighted by Crippen LogP contribution is 2.38. The van der Waals surface area contributed by atoms with Crippen molar-refractivity contribution in [3.05, 3.63) is 46.8 Å². The molecule has 2 aromatic rings. The molecule has 1 N–H and O–H groups in total. The number of aromatic nitrogens is 1. The maximum Gasteiger partial charge on any atom is 0.119 e. The minimum atomic E-state index is 0.00616. The van der Waals surface area contributed by atoms with E-state index < -0.39 is 0 Å². The van der Waals surface area contributed by atoms with E-state index in [0.29, 0.717) is 5.92 Å². The first kappa shape index (κ1) is 21.4. The van der Waals surface area contributed by atoms with Crippen LogP contribution in [0, 0.1) is 0 Å². The van der Waals surface area contributed by atoms with E-state index in [1.165, 1.54) is 24.1 Å². The van der Waals surface area contributed by atoms with Crippen molar-refractivity contribution in [3.63, 3.8) is 0 Å². The number of hydrogen-bond acceptors (Lipinski definition) is 3. The molecule has 148 valence electrons. The Kier molecular flexibility index (Phi) is 7.85. The van der Waals surface area contributed by atoms with Crippen LogP contribution in [-0.4, -0.2) is 17.2 Å². The second-order valence-corrected chi connectivity index (χ2v) is 7.87. The molecule has 3 nitrogen and oxygen atoms in total. The lowest BCUT2D eigenvalue weighted by molar-refractivity contribution is 0.279. The van der Waals surface area contributed by atoms with Gasteiger partial charge in [0.05, 0.1) is 13.7 Å². The lowest BCUT2D eigenvalue weighted by Crippen LogP contribution is -2.12. The molecule has 0 atom stereocenters. The van der Waals surface area contributed by atoms with E-state index in [4.69, 9.17) is 9.72 Å². The third-order valence-electron chi connectivity index (χ3n) is 5.10. The van der Waals surface area contributed by atoms with E-state index >= 15 is 0 Å². The smallest absolute Gasteiger partial charge is 0.119 e. The number of unbranched alkanes of at least 4 members (excludes halogenated alkanes) is 2. The van der Waals surface area contributed by atoms with Gasteiger partial charge in [-0.3, -0.25) is 4.98 Å². The lowest BCUT2D eigenvalue weighted by atomic mass is 9.85. The highest BCUT2D eigenvalue weighted by molar-refractivity contribution is 5.74. The fourth-order valence-corrected chi connectivity index (χ4v) is 3.75. The molecule has 0 amide bonds. The Morgan fingerprint density at radius 2 is 1.67 bits per heavy atom. The monoisotopic (exact) mass is 369 g/mol. The molecule has 0 aliphatic rings. The quantitative estimate of drug-likeness (QED) is 0.533. The normalized spacial score (nSPS) is 11.4. The molecule has 0 saturated heterocycles. The largest absolute Gasteiger partial charge is 0.497 e. The fourth-order valence-electron chi connectivity index (χ4n) is 3.75. The number of aliphatic hydroxyl groups is 1. The Bertz CT molecular complexity index is 750. The molecule has 0 aliphatic carbocycles. The van der Waals surface area contributed by atoms with Crippen molar-refractivity contribution >= 4 is 0 Å². The van der Waals surface area contributed by atoms with Gasteiger partial charge in [-0.15, -0.1) is 0 Å². The van der Waals surface area contributed by atoms with Crippen molar-refractivity contribution < 1.29 is 9.84 Å². The van der Waals surface area contributed by atoms with Gasteiger partial charge in [0.1, 0.15) is 5.75 Å². The van der Waals surface area contributed by atoms with Crippen molar-refractivity contribution in [1.82, 2.24) is 4.98 Å². The summed E-state index contributed by atoms with van der Waals surface area (Å²) in [4.78, 5) is 5.06. The van der Waals surface area contributed by atoms with Gasteiger partial charge in [-0.1, -0.05) is 59.6 Å². The highest BCUT2D eigenvalue weighted by atomic mass is 16.5. The topological polar surface area (TPSA) is 42.4 Å². The van der Waals surface area contributed by atoms with Crippen LogP contribution in [0.4, 0.5) is 0 Å². The summed E-state index contributed by atoms with van der Waals surface area (Å²) in [5.74, 6) is 1.44. The molecule has 3 heteroatoms. The van der Waals surface area contributed by atoms with Crippen LogP contribution in [0.25, 0.3) is 11.1 Å². The average Bonchev–Trinajstić information content (AvgIpc) is 2.66. The molecule has 2 rings (SSSR count). The minimum absolute atomic E-state index is 0.00616. The number of aliphatic hydroxyl groups excluding tert-OH is 1. The minimum Gasteiger partial charge on any atom is -0.497 e. The van der Waals surface area contributed by atoms with E-state index in [-0.39, 0.29) is 12.5 Å². The number of benzene rings is 1. The van der Waals surface area contributed by atoms with Crippen LogP contribution in [0.3, 0.4) is 0 Å². The van der Waals surface area contributed by atoms with Crippen molar-refractivity contribution in [2.45, 2.75) is 78.7 Å². The average molecular weight is 370 g/mol. The Labute approximate surface area is 164 Å². The molecule has 0 radical (unpaired) electrons. The first-order valence-electron chi connectivity index (χ1n) is 10.2. The Hall–Kier alpha value is -1.87. The summed E-state index contributed by atoms with van der Waals surface area (Å²) in [6.07, 6.45) is 4.53. The van der Waals surface area contributed by atoms with E-state index in [1.54, 1.807) is 7.11 Å². The molecule has 1 aromatic heterocycles. The van der Waals surface area contributed by atoms with Gasteiger partial charge in [0.2, 0.25) is 0 Å². The van der Waals surface area contributed by atoms with Crippen molar-refractivity contribution in [2.75, 3.05) is 7.11 Å². The van der Waals surface area contributed by atoms with Crippen LogP contribution in [0.2, 0.25) is 0 Å². The lowest BCUT2D eigenvalue weighted by Gasteiger charge is -2.24. The Balaban J connectivity index is 2.80. The summed E-state index contributed by atoms with van der Waals surface area (Å²) in [5.41, 5.74) is 6.71. The van der Waals surface area contributed by atoms with Gasteiger partial charge in [-0.25, -0.2) is 0 Å². The Morgan fingerprint density at radius 3 is 2.22 bits per heavy atom. The summed E-state index contributed by atoms with van der Waals surface area (Å²) in [6.45, 7) is 11.0. The SMILES string of the molecule is CCCCCc1c(C(C)C)nc(C(C)C)c(CO)c1-c1cccc(OC)c1. The van der Waals surface area contributed by atoms with E-state index in [2.05, 4.69) is 46.8 Å². The van der Waals surface area contributed by atoms with Gasteiger partial charge in [0, 0.05) is 17.0 Å². The van der Waals surface area contributed by atoms with Gasteiger partial charge in [0.25, 0.3) is 0 Å². The zero-order valence-corrected chi connectivity index (χ0v) is 17.8. The standard InChI is InChI=1S/C24H35NO2/c1-7-8-9-13-20-22(18-11-10-12-19(14-18)27-6)21(15-26)24(17(4)5)25-23(20)16(2)3/h10-12,14,16-17,26H,7-9,13,15H2,1-6H3. The molecule has 0 fully saturated rings. The second-order valence-electron chi connectivity index (χ2n) is 7.87. The van der Waals surface area contributed by atoms with Gasteiger partial charge in [-0.05, 0) is 53.5 Å². The number of ether oxygens (including phenoxy) is 1. The zero-order chi connectivity index (χ0) is 20.0. The van der Waals surface area contributed by atoms with Gasteiger partial charge >= 0.3 is 0 Å². The van der Waals surface area contributed by atoms with Crippen LogP contribution in [-0.2, 0) is 13.0 Å². The molecular formula is C24H35NO2. The number of pyridine rings is 1. The number of nitrogens with zero attached hydrogens (tertiary/aromatic N) is 1. The van der Waals surface area contributed by atoms with Crippen LogP contribution < -0.4 is 4.74 Å². The van der Waals surface area contributed by atoms with E-state index in [0.717, 1.165) is 41.0 Å². The first-order valence-corrected chi connectivity index (χ1v) is 10.2. The summed E-state index contributed by atoms with van der Waals surface area (Å²) >= 11 is 0. The van der Waals surface area contributed by atoms with Crippen LogP contribution in [0.5, 0.6) is 5.75 Å². The fraction of sp³-hybridized carbons (Fsp3) is 0.542. The maximum absolute atomic E-state index is 10.3. The summed E-state index contributed by atoms with van der Waals surface area (Å²) in [6, 6.07) is 8.18. The van der Waals surface area contributed by atoms with Gasteiger partial charge in [-0.2, -0.15) is 0 Å². The molecule has 27 heavy (non-hydrogen) atoms. The number of rotatable bonds is 9. The van der Waals surface area contributed by atoms with Crippen LogP contribution in [0.15, 0.2) is 24.3 Å². The number of hydrogen-bond donors (Lipinski definition) is 1. The van der Waals surface area contributed by atoms with E-state index in [9.17, 15) is 5.11 Å². The summed E-state index contributed by atoms with van der Waals surface area (Å²) in [5, 5.41) is 10.3. The summed E-state index contributed by atoms with van der Waals surface area (Å²) in [7, 11) is 1.69. The molecule has 1 aromatic carbocycles. The third-order valence-corrected chi connectivity index (χ3v) is 5.10. The van der Waals surface area contributed by atoms with Crippen LogP contribution >= 0.6 is 0 Å². The molecule has 0 bridgehead atoms. The second kappa shape index (κ2) is 9.89. The van der Waals surface area contributed by atoms with Gasteiger partial charge in [0.15, 0.2) is 0 Å². The molecule has 1 heterocycles. The van der Waals surface area contributed by atoms with E-state index in [1.807, 2.05) is 12.1 Å². The number of methoxy groups -OCH3 is 1. The van der Waals surface area contributed by atoms with Crippen LogP contribution in [0.1, 0.15) is 88.2 Å². The van der Waals surface area contributed by atoms with Crippen molar-refractivity contribution in [3.8, 4) is 16.9 Å². The predicted octanol–water partition coefficient (Wildman–Crippen LogP) is 6.23. The maximum atomic E-state index is 10.3. The van der Waals surface area contributed by atoms with Gasteiger partial charge < -0.3 is 9.84 Å². The highest BCUT2D eigenvalue weighted by Gasteiger charge is 2.23. The zero-order valence-electron chi connectivity index (χ0n) is 17.8. The first-order chi connectivity index (χ1) is 12.9. The molecule has 0 saturated carbocycles. The summed E-state index contributed by atoms with van der Waals surface area (Å²) < 4.78 is 5.47. The molecule has 0 unspecified atom stereocenters. The third kappa shape index (κ3) is 4.90. The molecular weight excluding hydrogens is 334 g/mol. The van der Waals surface area contributed by atoms with Crippen molar-refractivity contribution in [1.29, 1.82) is 0 Å². The molecule has 0 spiro atoms.